The molecule has 0 aliphatic carbocycles. The summed E-state index contributed by atoms with van der Waals surface area (Å²) in [7, 11) is 1.47. The van der Waals surface area contributed by atoms with E-state index in [0.717, 1.165) is 0 Å². The standard InChI is InChI=1S/C23H25N3O4/c1-13(24)20(14(2)27)17-10-16-18(11-19(17)30-5)26(12-15-8-6-7-9-25-15)22(29)23(3,4)21(16)28/h6-11H,12,24H2,1-5H3. The molecular weight excluding hydrogens is 382 g/mol. The van der Waals surface area contributed by atoms with E-state index in [1.165, 1.54) is 18.9 Å². The number of anilines is 1. The predicted octanol–water partition coefficient (Wildman–Crippen LogP) is 3.12. The summed E-state index contributed by atoms with van der Waals surface area (Å²) in [5.41, 5.74) is 7.19. The minimum atomic E-state index is -1.26. The number of ketones is 2. The van der Waals surface area contributed by atoms with Gasteiger partial charge in [-0.25, -0.2) is 0 Å². The fraction of sp³-hybridized carbons (Fsp3) is 0.304. The van der Waals surface area contributed by atoms with E-state index >= 15 is 0 Å². The Kier molecular flexibility index (Phi) is 5.48. The third-order valence-electron chi connectivity index (χ3n) is 5.26. The summed E-state index contributed by atoms with van der Waals surface area (Å²) in [6.45, 7) is 6.44. The Morgan fingerprint density at radius 1 is 1.20 bits per heavy atom. The van der Waals surface area contributed by atoms with Crippen LogP contribution in [0.5, 0.6) is 5.75 Å². The minimum Gasteiger partial charge on any atom is -0.496 e. The van der Waals surface area contributed by atoms with Crippen molar-refractivity contribution in [3.8, 4) is 5.75 Å². The molecule has 3 rings (SSSR count). The number of fused-ring (bicyclic) bond motifs is 1. The molecule has 30 heavy (non-hydrogen) atoms. The highest BCUT2D eigenvalue weighted by atomic mass is 16.5. The Hall–Kier alpha value is -3.48. The van der Waals surface area contributed by atoms with Gasteiger partial charge in [-0.15, -0.1) is 0 Å². The number of Topliss-reactive ketones (excluding diaryl/α,β-unsaturated/α-hetero) is 2. The molecular formula is C23H25N3O4. The molecule has 2 heterocycles. The molecule has 0 saturated heterocycles. The number of nitrogens with zero attached hydrogens (tertiary/aromatic N) is 2. The van der Waals surface area contributed by atoms with E-state index in [9.17, 15) is 14.4 Å². The summed E-state index contributed by atoms with van der Waals surface area (Å²) in [4.78, 5) is 44.5. The fourth-order valence-corrected chi connectivity index (χ4v) is 3.71. The number of methoxy groups -OCH3 is 1. The molecule has 1 aromatic heterocycles. The van der Waals surface area contributed by atoms with E-state index in [1.807, 2.05) is 12.1 Å². The zero-order valence-electron chi connectivity index (χ0n) is 17.8. The van der Waals surface area contributed by atoms with Crippen LogP contribution in [0, 0.1) is 5.41 Å². The highest BCUT2D eigenvalue weighted by molar-refractivity contribution is 6.26. The van der Waals surface area contributed by atoms with E-state index < -0.39 is 5.41 Å². The van der Waals surface area contributed by atoms with E-state index in [1.54, 1.807) is 45.2 Å². The Morgan fingerprint density at radius 3 is 2.43 bits per heavy atom. The molecule has 7 heteroatoms. The lowest BCUT2D eigenvalue weighted by Gasteiger charge is -2.37. The summed E-state index contributed by atoms with van der Waals surface area (Å²) in [6.07, 6.45) is 1.65. The monoisotopic (exact) mass is 407 g/mol. The fourth-order valence-electron chi connectivity index (χ4n) is 3.71. The van der Waals surface area contributed by atoms with Crippen molar-refractivity contribution in [2.75, 3.05) is 12.0 Å². The summed E-state index contributed by atoms with van der Waals surface area (Å²) in [5.74, 6) is -0.522. The maximum Gasteiger partial charge on any atom is 0.240 e. The van der Waals surface area contributed by atoms with Crippen LogP contribution in [0.25, 0.3) is 5.57 Å². The molecule has 2 aromatic rings. The molecule has 156 valence electrons. The molecule has 1 aliphatic heterocycles. The summed E-state index contributed by atoms with van der Waals surface area (Å²) in [6, 6.07) is 8.67. The molecule has 0 fully saturated rings. The van der Waals surface area contributed by atoms with Gasteiger partial charge in [0.15, 0.2) is 11.6 Å². The van der Waals surface area contributed by atoms with Crippen LogP contribution in [0.4, 0.5) is 5.69 Å². The van der Waals surface area contributed by atoms with Crippen molar-refractivity contribution in [1.82, 2.24) is 4.98 Å². The first-order chi connectivity index (χ1) is 14.1. The second kappa shape index (κ2) is 7.74. The lowest BCUT2D eigenvalue weighted by molar-refractivity contribution is -0.125. The molecule has 0 saturated carbocycles. The van der Waals surface area contributed by atoms with Crippen molar-refractivity contribution < 1.29 is 19.1 Å². The number of hydrogen-bond acceptors (Lipinski definition) is 6. The first-order valence-electron chi connectivity index (χ1n) is 9.56. The number of allylic oxidation sites excluding steroid dienone is 2. The maximum absolute atomic E-state index is 13.2. The van der Waals surface area contributed by atoms with Gasteiger partial charge in [0.1, 0.15) is 11.2 Å². The number of benzene rings is 1. The van der Waals surface area contributed by atoms with Gasteiger partial charge < -0.3 is 15.4 Å². The lowest BCUT2D eigenvalue weighted by Crippen LogP contribution is -2.49. The third kappa shape index (κ3) is 3.47. The van der Waals surface area contributed by atoms with Gasteiger partial charge in [-0.3, -0.25) is 19.4 Å². The second-order valence-corrected chi connectivity index (χ2v) is 7.85. The third-order valence-corrected chi connectivity index (χ3v) is 5.26. The highest BCUT2D eigenvalue weighted by Crippen LogP contribution is 2.43. The number of rotatable bonds is 5. The van der Waals surface area contributed by atoms with Crippen LogP contribution in [-0.4, -0.2) is 29.6 Å². The minimum absolute atomic E-state index is 0.206. The summed E-state index contributed by atoms with van der Waals surface area (Å²) < 4.78 is 5.51. The predicted molar refractivity (Wildman–Crippen MR) is 114 cm³/mol. The van der Waals surface area contributed by atoms with Crippen LogP contribution in [0.3, 0.4) is 0 Å². The average molecular weight is 407 g/mol. The first kappa shape index (κ1) is 21.2. The largest absolute Gasteiger partial charge is 0.496 e. The van der Waals surface area contributed by atoms with Crippen molar-refractivity contribution in [1.29, 1.82) is 0 Å². The van der Waals surface area contributed by atoms with E-state index in [0.29, 0.717) is 34.0 Å². The van der Waals surface area contributed by atoms with E-state index in [2.05, 4.69) is 4.98 Å². The normalized spacial score (nSPS) is 16.1. The van der Waals surface area contributed by atoms with Crippen molar-refractivity contribution in [3.05, 3.63) is 59.0 Å². The van der Waals surface area contributed by atoms with Gasteiger partial charge in [0.05, 0.1) is 25.0 Å². The van der Waals surface area contributed by atoms with Crippen LogP contribution >= 0.6 is 0 Å². The highest BCUT2D eigenvalue weighted by Gasteiger charge is 2.46. The number of carbonyl (C=O) groups excluding carboxylic acids is 3. The molecule has 1 aromatic carbocycles. The molecule has 0 bridgehead atoms. The lowest BCUT2D eigenvalue weighted by atomic mass is 9.77. The van der Waals surface area contributed by atoms with Crippen LogP contribution in [0.2, 0.25) is 0 Å². The molecule has 1 amide bonds. The molecule has 7 nitrogen and oxygen atoms in total. The molecule has 1 aliphatic rings. The Balaban J connectivity index is 2.27. The van der Waals surface area contributed by atoms with Crippen molar-refractivity contribution >= 4 is 28.7 Å². The second-order valence-electron chi connectivity index (χ2n) is 7.85. The Labute approximate surface area is 175 Å². The number of pyridine rings is 1. The van der Waals surface area contributed by atoms with E-state index in [4.69, 9.17) is 10.5 Å². The number of carbonyl (C=O) groups is 3. The molecule has 0 unspecified atom stereocenters. The Bertz CT molecular complexity index is 1070. The molecule has 0 spiro atoms. The van der Waals surface area contributed by atoms with Gasteiger partial charge in [-0.05, 0) is 45.9 Å². The van der Waals surface area contributed by atoms with Crippen LogP contribution in [0.15, 0.2) is 42.2 Å². The van der Waals surface area contributed by atoms with Gasteiger partial charge in [0.25, 0.3) is 0 Å². The molecule has 0 radical (unpaired) electrons. The SMILES string of the molecule is COc1cc2c(cc1C(C(C)=O)=C(C)N)C(=O)C(C)(C)C(=O)N2Cc1ccccn1. The van der Waals surface area contributed by atoms with Crippen molar-refractivity contribution in [2.24, 2.45) is 11.1 Å². The summed E-state index contributed by atoms with van der Waals surface area (Å²) in [5, 5.41) is 0. The molecule has 2 N–H and O–H groups in total. The molecule has 0 atom stereocenters. The maximum atomic E-state index is 13.2. The number of nitrogens with two attached hydrogens (primary N) is 1. The number of aromatic nitrogens is 1. The average Bonchev–Trinajstić information content (AvgIpc) is 2.70. The quantitative estimate of drug-likeness (QED) is 0.603. The number of ether oxygens (including phenoxy) is 1. The topological polar surface area (TPSA) is 103 Å². The Morgan fingerprint density at radius 2 is 1.90 bits per heavy atom. The van der Waals surface area contributed by atoms with E-state index in [-0.39, 0.29) is 29.6 Å². The smallest absolute Gasteiger partial charge is 0.240 e. The van der Waals surface area contributed by atoms with Crippen LogP contribution < -0.4 is 15.4 Å². The van der Waals surface area contributed by atoms with Gasteiger partial charge in [0, 0.05) is 34.7 Å². The summed E-state index contributed by atoms with van der Waals surface area (Å²) >= 11 is 0. The first-order valence-corrected chi connectivity index (χ1v) is 9.56. The zero-order valence-corrected chi connectivity index (χ0v) is 17.8. The van der Waals surface area contributed by atoms with Gasteiger partial charge in [-0.2, -0.15) is 0 Å². The zero-order chi connectivity index (χ0) is 22.2. The van der Waals surface area contributed by atoms with Crippen LogP contribution in [-0.2, 0) is 16.1 Å². The van der Waals surface area contributed by atoms with Crippen molar-refractivity contribution in [2.45, 2.75) is 34.2 Å². The van der Waals surface area contributed by atoms with Crippen LogP contribution in [0.1, 0.15) is 49.3 Å². The van der Waals surface area contributed by atoms with Gasteiger partial charge in [0.2, 0.25) is 5.91 Å². The van der Waals surface area contributed by atoms with Gasteiger partial charge >= 0.3 is 0 Å². The van der Waals surface area contributed by atoms with Crippen molar-refractivity contribution in [3.63, 3.8) is 0 Å². The van der Waals surface area contributed by atoms with Gasteiger partial charge in [-0.1, -0.05) is 6.07 Å². The number of amides is 1. The number of hydrogen-bond donors (Lipinski definition) is 1.